The fourth-order valence-corrected chi connectivity index (χ4v) is 1.98. The molecule has 3 N–H and O–H groups in total. The zero-order chi connectivity index (χ0) is 10.7. The average Bonchev–Trinajstić information content (AvgIpc) is 2.77. The highest BCUT2D eigenvalue weighted by Gasteiger charge is 2.08. The van der Waals surface area contributed by atoms with Gasteiger partial charge in [0, 0.05) is 5.38 Å². The van der Waals surface area contributed by atoms with Crippen molar-refractivity contribution in [1.29, 1.82) is 0 Å². The van der Waals surface area contributed by atoms with E-state index in [4.69, 9.17) is 5.73 Å². The maximum Gasteiger partial charge on any atom is 0.232 e. The van der Waals surface area contributed by atoms with Crippen molar-refractivity contribution in [2.75, 3.05) is 11.1 Å². The number of anilines is 2. The Bertz CT molecular complexity index is 452. The Morgan fingerprint density at radius 3 is 3.00 bits per heavy atom. The van der Waals surface area contributed by atoms with Gasteiger partial charge in [-0.1, -0.05) is 11.3 Å². The third-order valence-corrected chi connectivity index (χ3v) is 2.85. The molecule has 0 aliphatic heterocycles. The molecule has 15 heavy (non-hydrogen) atoms. The van der Waals surface area contributed by atoms with Gasteiger partial charge in [0.15, 0.2) is 5.13 Å². The molecule has 0 saturated heterocycles. The fourth-order valence-electron chi connectivity index (χ4n) is 0.959. The lowest BCUT2D eigenvalue weighted by molar-refractivity contribution is -0.115. The molecular weight excluding hydrogens is 234 g/mol. The van der Waals surface area contributed by atoms with E-state index in [0.29, 0.717) is 16.0 Å². The summed E-state index contributed by atoms with van der Waals surface area (Å²) in [5.74, 6) is -0.169. The normalized spacial score (nSPS) is 10.1. The van der Waals surface area contributed by atoms with Crippen LogP contribution in [0.1, 0.15) is 5.69 Å². The maximum absolute atomic E-state index is 11.4. The van der Waals surface area contributed by atoms with Gasteiger partial charge in [-0.2, -0.15) is 0 Å². The summed E-state index contributed by atoms with van der Waals surface area (Å²) in [6, 6.07) is 0. The number of amides is 1. The van der Waals surface area contributed by atoms with Crippen molar-refractivity contribution < 1.29 is 4.79 Å². The van der Waals surface area contributed by atoms with E-state index < -0.39 is 0 Å². The summed E-state index contributed by atoms with van der Waals surface area (Å²) in [4.78, 5) is 15.4. The Kier molecular flexibility index (Phi) is 2.88. The number of hydrogen-bond donors (Lipinski definition) is 2. The van der Waals surface area contributed by atoms with Gasteiger partial charge in [-0.05, 0) is 0 Å². The van der Waals surface area contributed by atoms with Crippen LogP contribution in [0.5, 0.6) is 0 Å². The molecule has 0 saturated carbocycles. The number of carbonyl (C=O) groups excluding carboxylic acids is 1. The number of nitrogens with zero attached hydrogens (tertiary/aromatic N) is 3. The van der Waals surface area contributed by atoms with E-state index in [0.717, 1.165) is 0 Å². The predicted molar refractivity (Wildman–Crippen MR) is 58.8 cm³/mol. The molecule has 1 amide bonds. The first-order chi connectivity index (χ1) is 7.24. The zero-order valence-corrected chi connectivity index (χ0v) is 9.14. The number of rotatable bonds is 3. The Balaban J connectivity index is 1.93. The maximum atomic E-state index is 11.4. The number of carbonyl (C=O) groups is 1. The van der Waals surface area contributed by atoms with Crippen molar-refractivity contribution in [3.8, 4) is 0 Å². The number of nitrogen functional groups attached to an aromatic ring is 1. The minimum absolute atomic E-state index is 0.169. The average molecular weight is 241 g/mol. The van der Waals surface area contributed by atoms with Crippen LogP contribution in [0.4, 0.5) is 10.3 Å². The highest BCUT2D eigenvalue weighted by molar-refractivity contribution is 7.13. The number of aromatic nitrogens is 3. The van der Waals surface area contributed by atoms with Gasteiger partial charge in [0.2, 0.25) is 11.0 Å². The molecule has 0 unspecified atom stereocenters. The lowest BCUT2D eigenvalue weighted by Crippen LogP contribution is -2.14. The molecule has 2 aromatic rings. The van der Waals surface area contributed by atoms with Crippen LogP contribution < -0.4 is 11.1 Å². The van der Waals surface area contributed by atoms with Gasteiger partial charge in [0.25, 0.3) is 0 Å². The number of hydrogen-bond acceptors (Lipinski definition) is 7. The first-order valence-electron chi connectivity index (χ1n) is 4.00. The van der Waals surface area contributed by atoms with Crippen LogP contribution in [0.15, 0.2) is 10.9 Å². The molecule has 0 aromatic carbocycles. The lowest BCUT2D eigenvalue weighted by Gasteiger charge is -1.97. The molecule has 0 bridgehead atoms. The summed E-state index contributed by atoms with van der Waals surface area (Å²) in [6.45, 7) is 0. The zero-order valence-electron chi connectivity index (χ0n) is 7.51. The van der Waals surface area contributed by atoms with Crippen molar-refractivity contribution in [2.24, 2.45) is 0 Å². The Morgan fingerprint density at radius 2 is 2.40 bits per heavy atom. The molecule has 0 spiro atoms. The van der Waals surface area contributed by atoms with Gasteiger partial charge in [-0.25, -0.2) is 4.98 Å². The summed E-state index contributed by atoms with van der Waals surface area (Å²) in [6.07, 6.45) is 0.202. The second kappa shape index (κ2) is 4.32. The number of nitrogens with two attached hydrogens (primary N) is 1. The Morgan fingerprint density at radius 1 is 1.53 bits per heavy atom. The molecule has 0 fully saturated rings. The lowest BCUT2D eigenvalue weighted by atomic mass is 10.3. The van der Waals surface area contributed by atoms with Gasteiger partial charge >= 0.3 is 0 Å². The Labute approximate surface area is 93.2 Å². The summed E-state index contributed by atoms with van der Waals surface area (Å²) >= 11 is 2.59. The molecule has 8 heteroatoms. The van der Waals surface area contributed by atoms with Crippen molar-refractivity contribution in [1.82, 2.24) is 15.2 Å². The molecule has 6 nitrogen and oxygen atoms in total. The monoisotopic (exact) mass is 241 g/mol. The highest BCUT2D eigenvalue weighted by Crippen LogP contribution is 2.13. The molecule has 2 rings (SSSR count). The molecule has 0 aliphatic carbocycles. The van der Waals surface area contributed by atoms with Gasteiger partial charge in [-0.3, -0.25) is 4.79 Å². The van der Waals surface area contributed by atoms with Gasteiger partial charge in [0.05, 0.1) is 12.1 Å². The SMILES string of the molecule is Nc1nc(CC(=O)Nc2nncs2)cs1. The third-order valence-electron chi connectivity index (χ3n) is 1.52. The fraction of sp³-hybridized carbons (Fsp3) is 0.143. The van der Waals surface area contributed by atoms with Gasteiger partial charge < -0.3 is 11.1 Å². The first kappa shape index (κ1) is 9.99. The summed E-state index contributed by atoms with van der Waals surface area (Å²) in [5, 5.41) is 12.6. The van der Waals surface area contributed by atoms with Crippen molar-refractivity contribution >= 4 is 38.8 Å². The van der Waals surface area contributed by atoms with Crippen molar-refractivity contribution in [3.05, 3.63) is 16.6 Å². The summed E-state index contributed by atoms with van der Waals surface area (Å²) in [5.41, 5.74) is 7.66. The second-order valence-electron chi connectivity index (χ2n) is 2.65. The van der Waals surface area contributed by atoms with Crippen LogP contribution in [0.3, 0.4) is 0 Å². The summed E-state index contributed by atoms with van der Waals surface area (Å²) < 4.78 is 0. The Hall–Kier alpha value is -1.54. The van der Waals surface area contributed by atoms with Gasteiger partial charge in [0.1, 0.15) is 5.51 Å². The molecule has 0 radical (unpaired) electrons. The number of nitrogens with one attached hydrogen (secondary N) is 1. The first-order valence-corrected chi connectivity index (χ1v) is 5.76. The largest absolute Gasteiger partial charge is 0.375 e. The van der Waals surface area contributed by atoms with E-state index in [1.54, 1.807) is 10.9 Å². The van der Waals surface area contributed by atoms with E-state index in [1.165, 1.54) is 22.7 Å². The standard InChI is InChI=1S/C7H7N5OS2/c8-6-10-4(2-14-6)1-5(13)11-7-12-9-3-15-7/h2-3H,1H2,(H2,8,10)(H,11,12,13). The molecular formula is C7H7N5OS2. The van der Waals surface area contributed by atoms with Crippen LogP contribution in [0, 0.1) is 0 Å². The molecule has 0 aliphatic rings. The third kappa shape index (κ3) is 2.70. The van der Waals surface area contributed by atoms with E-state index in [-0.39, 0.29) is 12.3 Å². The van der Waals surface area contributed by atoms with E-state index in [1.807, 2.05) is 0 Å². The molecule has 2 heterocycles. The van der Waals surface area contributed by atoms with Crippen LogP contribution >= 0.6 is 22.7 Å². The number of thiazole rings is 1. The van der Waals surface area contributed by atoms with Gasteiger partial charge in [-0.15, -0.1) is 21.5 Å². The molecule has 78 valence electrons. The topological polar surface area (TPSA) is 93.8 Å². The minimum Gasteiger partial charge on any atom is -0.375 e. The molecule has 2 aromatic heterocycles. The summed E-state index contributed by atoms with van der Waals surface area (Å²) in [7, 11) is 0. The van der Waals surface area contributed by atoms with Crippen LogP contribution in [-0.2, 0) is 11.2 Å². The van der Waals surface area contributed by atoms with E-state index in [2.05, 4.69) is 20.5 Å². The van der Waals surface area contributed by atoms with Crippen LogP contribution in [-0.4, -0.2) is 21.1 Å². The van der Waals surface area contributed by atoms with Crippen molar-refractivity contribution in [3.63, 3.8) is 0 Å². The predicted octanol–water partition coefficient (Wildman–Crippen LogP) is 0.758. The highest BCUT2D eigenvalue weighted by atomic mass is 32.1. The smallest absolute Gasteiger partial charge is 0.232 e. The second-order valence-corrected chi connectivity index (χ2v) is 4.37. The van der Waals surface area contributed by atoms with Crippen molar-refractivity contribution in [2.45, 2.75) is 6.42 Å². The van der Waals surface area contributed by atoms with Crippen LogP contribution in [0.2, 0.25) is 0 Å². The van der Waals surface area contributed by atoms with Crippen LogP contribution in [0.25, 0.3) is 0 Å². The molecule has 0 atom stereocenters. The minimum atomic E-state index is -0.169. The van der Waals surface area contributed by atoms with E-state index >= 15 is 0 Å². The quantitative estimate of drug-likeness (QED) is 0.827. The van der Waals surface area contributed by atoms with E-state index in [9.17, 15) is 4.79 Å².